The highest BCUT2D eigenvalue weighted by Gasteiger charge is 2.27. The maximum Gasteiger partial charge on any atom is 0.152 e. The van der Waals surface area contributed by atoms with Crippen LogP contribution in [0.3, 0.4) is 0 Å². The molecule has 0 aliphatic carbocycles. The van der Waals surface area contributed by atoms with E-state index in [2.05, 4.69) is 161 Å². The Hall–Kier alpha value is -7.86. The van der Waals surface area contributed by atoms with E-state index in [9.17, 15) is 0 Å². The van der Waals surface area contributed by atoms with E-state index < -0.39 is 0 Å². The van der Waals surface area contributed by atoms with E-state index in [-0.39, 0.29) is 0 Å². The van der Waals surface area contributed by atoms with Crippen LogP contribution in [0.1, 0.15) is 119 Å². The number of hydrogen-bond donors (Lipinski definition) is 1. The molecule has 0 fully saturated rings. The molecule has 0 aromatic heterocycles. The summed E-state index contributed by atoms with van der Waals surface area (Å²) in [6.45, 7) is 15.9. The van der Waals surface area contributed by atoms with Crippen molar-refractivity contribution in [3.8, 4) is 51.7 Å². The molecule has 89 heavy (non-hydrogen) atoms. The summed E-state index contributed by atoms with van der Waals surface area (Å²) in [5.74, 6) is 9.97. The third-order valence-electron chi connectivity index (χ3n) is 16.3. The van der Waals surface area contributed by atoms with Crippen LogP contribution >= 0.6 is 31.9 Å². The summed E-state index contributed by atoms with van der Waals surface area (Å²) in [7, 11) is 0. The highest BCUT2D eigenvalue weighted by Crippen LogP contribution is 2.52. The highest BCUT2D eigenvalue weighted by molar-refractivity contribution is 9.10. The van der Waals surface area contributed by atoms with Crippen LogP contribution in [0, 0.1) is 17.8 Å². The second kappa shape index (κ2) is 34.2. The molecule has 1 N–H and O–H groups in total. The Morgan fingerprint density at radius 2 is 0.663 bits per heavy atom. The Bertz CT molecular complexity index is 3450. The van der Waals surface area contributed by atoms with Gasteiger partial charge in [0.1, 0.15) is 17.2 Å². The third-order valence-corrected chi connectivity index (χ3v) is 17.3. The van der Waals surface area contributed by atoms with Crippen molar-refractivity contribution in [3.63, 3.8) is 0 Å². The van der Waals surface area contributed by atoms with E-state index in [0.717, 1.165) is 132 Å². The van der Waals surface area contributed by atoms with Gasteiger partial charge in [-0.15, -0.1) is 0 Å². The molecule has 3 unspecified atom stereocenters. The van der Waals surface area contributed by atoms with E-state index in [1.54, 1.807) is 0 Å². The van der Waals surface area contributed by atoms with Gasteiger partial charge < -0.3 is 43.5 Å². The van der Waals surface area contributed by atoms with E-state index in [4.69, 9.17) is 28.4 Å². The molecule has 0 saturated carbocycles. The number of anilines is 8. The van der Waals surface area contributed by atoms with Gasteiger partial charge in [-0.3, -0.25) is 0 Å². The normalized spacial score (nSPS) is 12.9. The lowest BCUT2D eigenvalue weighted by Gasteiger charge is -2.33. The standard InChI is InChI=1S/C26H28BrNO2.C26H29NO2.C14H21BrO.C12H9NO/c1-3-5-8-19(4-2)18-29-22-14-12-21(13-15-22)28-23-9-6-7-10-25(23)30-26-17-20(27)11-16-24(26)28;1-3-5-10-20(4-2)19-28-22-17-15-21(16-18-22)27-23-11-6-8-13-25(23)29-26-14-9-7-12-24(26)27;1-3-5-6-12(4-2)11-16-14-9-7-13(15)8-10-14;1-3-7-11-9(5-1)13-10-6-2-4-8-12(10)14-11/h6-7,9-17,19H,3-5,8,18H2,1-2H3;6-9,11-18,20H,3-5,10,19H2,1-2H3;7-10,12H,3-6,11H2,1-2H3;1-8,13H. The van der Waals surface area contributed by atoms with Crippen molar-refractivity contribution in [3.05, 3.63) is 221 Å². The van der Waals surface area contributed by atoms with Gasteiger partial charge in [-0.25, -0.2) is 0 Å². The second-order valence-corrected chi connectivity index (χ2v) is 24.6. The molecule has 464 valence electrons. The summed E-state index contributed by atoms with van der Waals surface area (Å²) in [6.07, 6.45) is 14.9. The zero-order chi connectivity index (χ0) is 62.2. The van der Waals surface area contributed by atoms with Crippen LogP contribution in [0.4, 0.5) is 45.5 Å². The maximum atomic E-state index is 6.15. The lowest BCUT2D eigenvalue weighted by atomic mass is 10.0. The van der Waals surface area contributed by atoms with Gasteiger partial charge in [-0.05, 0) is 189 Å². The molecular weight excluding hydrogens is 1230 g/mol. The number of fused-ring (bicyclic) bond motifs is 6. The molecule has 0 radical (unpaired) electrons. The zero-order valence-electron chi connectivity index (χ0n) is 52.6. The summed E-state index contributed by atoms with van der Waals surface area (Å²) in [5.41, 5.74) is 8.37. The van der Waals surface area contributed by atoms with Crippen molar-refractivity contribution in [1.29, 1.82) is 0 Å². The molecule has 9 nitrogen and oxygen atoms in total. The first kappa shape index (κ1) is 65.6. The zero-order valence-corrected chi connectivity index (χ0v) is 55.8. The van der Waals surface area contributed by atoms with E-state index in [0.29, 0.717) is 17.8 Å². The smallest absolute Gasteiger partial charge is 0.152 e. The molecule has 12 rings (SSSR count). The summed E-state index contributed by atoms with van der Waals surface area (Å²) < 4.78 is 38.0. The minimum Gasteiger partial charge on any atom is -0.493 e. The molecule has 3 aliphatic heterocycles. The average molecular weight is 1320 g/mol. The second-order valence-electron chi connectivity index (χ2n) is 22.7. The largest absolute Gasteiger partial charge is 0.493 e. The van der Waals surface area contributed by atoms with Crippen LogP contribution in [0.25, 0.3) is 0 Å². The first-order chi connectivity index (χ1) is 43.7. The number of para-hydroxylation sites is 10. The summed E-state index contributed by atoms with van der Waals surface area (Å²) >= 11 is 6.97. The SMILES string of the molecule is CCCCC(CC)COc1ccc(Br)cc1.CCCCC(CC)COc1ccc(N2c3ccccc3Oc3cc(Br)ccc32)cc1.CCCCC(CC)COc1ccc(N2c3ccccc3Oc3ccccc32)cc1.c1ccc2c(c1)Nc1ccccc1O2. The minimum atomic E-state index is 0.626. The fourth-order valence-electron chi connectivity index (χ4n) is 10.8. The van der Waals surface area contributed by atoms with Gasteiger partial charge in [0.2, 0.25) is 0 Å². The van der Waals surface area contributed by atoms with Gasteiger partial charge in [0.05, 0.1) is 53.9 Å². The molecule has 3 heterocycles. The molecule has 0 bridgehead atoms. The number of hydrogen-bond acceptors (Lipinski definition) is 9. The Labute approximate surface area is 546 Å². The van der Waals surface area contributed by atoms with Crippen LogP contribution in [0.5, 0.6) is 51.7 Å². The van der Waals surface area contributed by atoms with Crippen LogP contribution in [-0.2, 0) is 0 Å². The molecule has 9 aromatic carbocycles. The minimum absolute atomic E-state index is 0.626. The number of benzene rings is 9. The van der Waals surface area contributed by atoms with Crippen molar-refractivity contribution in [2.75, 3.05) is 34.9 Å². The predicted molar refractivity (Wildman–Crippen MR) is 377 cm³/mol. The predicted octanol–water partition coefficient (Wildman–Crippen LogP) is 25.1. The number of rotatable bonds is 23. The fourth-order valence-corrected chi connectivity index (χ4v) is 11.4. The van der Waals surface area contributed by atoms with Crippen molar-refractivity contribution in [2.24, 2.45) is 17.8 Å². The van der Waals surface area contributed by atoms with E-state index in [1.165, 1.54) is 70.6 Å². The van der Waals surface area contributed by atoms with Crippen LogP contribution < -0.4 is 43.5 Å². The van der Waals surface area contributed by atoms with Gasteiger partial charge in [-0.2, -0.15) is 0 Å². The molecule has 0 spiro atoms. The summed E-state index contributed by atoms with van der Waals surface area (Å²) in [5, 5.41) is 3.32. The summed E-state index contributed by atoms with van der Waals surface area (Å²) in [6, 6.07) is 71.2. The molecule has 11 heteroatoms. The molecule has 3 atom stereocenters. The van der Waals surface area contributed by atoms with Gasteiger partial charge in [0.25, 0.3) is 0 Å². The van der Waals surface area contributed by atoms with Crippen LogP contribution in [0.15, 0.2) is 221 Å². The van der Waals surface area contributed by atoms with Gasteiger partial charge in [0.15, 0.2) is 34.5 Å². The number of unbranched alkanes of at least 4 members (excludes halogenated alkanes) is 3. The van der Waals surface area contributed by atoms with Crippen molar-refractivity contribution in [2.45, 2.75) is 119 Å². The topological polar surface area (TPSA) is 73.9 Å². The number of ether oxygens (including phenoxy) is 6. The molecular formula is C78H87Br2N3O6. The van der Waals surface area contributed by atoms with Crippen molar-refractivity contribution >= 4 is 77.4 Å². The molecule has 3 aliphatic rings. The third kappa shape index (κ3) is 18.4. The van der Waals surface area contributed by atoms with E-state index in [1.807, 2.05) is 140 Å². The monoisotopic (exact) mass is 1320 g/mol. The fraction of sp³-hybridized carbons (Fsp3) is 0.308. The first-order valence-electron chi connectivity index (χ1n) is 32.2. The number of halogens is 2. The summed E-state index contributed by atoms with van der Waals surface area (Å²) in [4.78, 5) is 4.48. The average Bonchev–Trinajstić information content (AvgIpc) is 0.984. The highest BCUT2D eigenvalue weighted by atomic mass is 79.9. The van der Waals surface area contributed by atoms with Crippen molar-refractivity contribution < 1.29 is 28.4 Å². The van der Waals surface area contributed by atoms with Gasteiger partial charge in [0, 0.05) is 20.3 Å². The number of nitrogens with zero attached hydrogens (tertiary/aromatic N) is 2. The Morgan fingerprint density at radius 3 is 1.04 bits per heavy atom. The Morgan fingerprint density at radius 1 is 0.348 bits per heavy atom. The van der Waals surface area contributed by atoms with Crippen molar-refractivity contribution in [1.82, 2.24) is 0 Å². The quantitative estimate of drug-likeness (QED) is 0.0674. The first-order valence-corrected chi connectivity index (χ1v) is 33.8. The van der Waals surface area contributed by atoms with E-state index >= 15 is 0 Å². The van der Waals surface area contributed by atoms with Gasteiger partial charge >= 0.3 is 0 Å². The Kier molecular flexibility index (Phi) is 25.2. The number of nitrogens with one attached hydrogen (secondary N) is 1. The van der Waals surface area contributed by atoms with Crippen LogP contribution in [0.2, 0.25) is 0 Å². The Balaban J connectivity index is 0.000000148. The lowest BCUT2D eigenvalue weighted by molar-refractivity contribution is 0.233. The van der Waals surface area contributed by atoms with Crippen LogP contribution in [-0.4, -0.2) is 19.8 Å². The molecule has 9 aromatic rings. The molecule has 0 amide bonds. The van der Waals surface area contributed by atoms with Gasteiger partial charge in [-0.1, -0.05) is 192 Å². The molecule has 0 saturated heterocycles. The lowest BCUT2D eigenvalue weighted by Crippen LogP contribution is -2.15. The maximum absolute atomic E-state index is 6.15.